The summed E-state index contributed by atoms with van der Waals surface area (Å²) in [6.07, 6.45) is -1.15. The first kappa shape index (κ1) is 16.0. The maximum atomic E-state index is 13.8. The van der Waals surface area contributed by atoms with Gasteiger partial charge in [-0.1, -0.05) is 28.1 Å². The molecule has 21 heavy (non-hydrogen) atoms. The normalized spacial score (nSPS) is 14.0. The molecule has 0 aliphatic heterocycles. The fourth-order valence-electron chi connectivity index (χ4n) is 2.19. The Hall–Kier alpha value is -1.37. The zero-order chi connectivity index (χ0) is 15.6. The average molecular weight is 360 g/mol. The van der Waals surface area contributed by atoms with Crippen LogP contribution in [0, 0.1) is 17.5 Å². The number of halogens is 4. The smallest absolute Gasteiger partial charge is 0.129 e. The van der Waals surface area contributed by atoms with E-state index in [0.29, 0.717) is 10.0 Å². The Morgan fingerprint density at radius 1 is 1.00 bits per heavy atom. The summed E-state index contributed by atoms with van der Waals surface area (Å²) in [4.78, 5) is 0. The molecule has 112 valence electrons. The minimum absolute atomic E-state index is 0.0481. The predicted molar refractivity (Wildman–Crippen MR) is 77.2 cm³/mol. The largest absolute Gasteiger partial charge is 0.388 e. The molecule has 0 radical (unpaired) electrons. The van der Waals surface area contributed by atoms with Crippen molar-refractivity contribution in [2.75, 3.05) is 6.54 Å². The highest BCUT2D eigenvalue weighted by Crippen LogP contribution is 2.35. The van der Waals surface area contributed by atoms with E-state index < -0.39 is 29.5 Å². The Balaban J connectivity index is 2.40. The molecular formula is C15H13BrF3NO. The molecule has 2 nitrogen and oxygen atoms in total. The Morgan fingerprint density at radius 3 is 2.10 bits per heavy atom. The molecule has 0 bridgehead atoms. The zero-order valence-corrected chi connectivity index (χ0v) is 12.4. The number of hydrogen-bond acceptors (Lipinski definition) is 2. The Kier molecular flexibility index (Phi) is 5.03. The van der Waals surface area contributed by atoms with Crippen molar-refractivity contribution in [1.82, 2.24) is 0 Å². The van der Waals surface area contributed by atoms with Gasteiger partial charge in [-0.25, -0.2) is 13.2 Å². The lowest BCUT2D eigenvalue weighted by Crippen LogP contribution is -2.21. The summed E-state index contributed by atoms with van der Waals surface area (Å²) >= 11 is 3.15. The number of nitrogens with two attached hydrogens (primary N) is 1. The number of benzene rings is 2. The molecule has 0 aliphatic carbocycles. The molecular weight excluding hydrogens is 347 g/mol. The van der Waals surface area contributed by atoms with Crippen LogP contribution in [0.25, 0.3) is 0 Å². The van der Waals surface area contributed by atoms with Crippen molar-refractivity contribution in [3.8, 4) is 0 Å². The first-order valence-corrected chi connectivity index (χ1v) is 7.01. The average Bonchev–Trinajstić information content (AvgIpc) is 2.41. The summed E-state index contributed by atoms with van der Waals surface area (Å²) in [6.45, 7) is -0.0481. The second-order valence-electron chi connectivity index (χ2n) is 4.62. The quantitative estimate of drug-likeness (QED) is 0.875. The van der Waals surface area contributed by atoms with Crippen LogP contribution in [0.5, 0.6) is 0 Å². The van der Waals surface area contributed by atoms with Crippen LogP contribution in [0.2, 0.25) is 0 Å². The van der Waals surface area contributed by atoms with Crippen molar-refractivity contribution in [3.05, 3.63) is 69.4 Å². The lowest BCUT2D eigenvalue weighted by molar-refractivity contribution is 0.145. The molecule has 0 saturated heterocycles. The second-order valence-corrected chi connectivity index (χ2v) is 5.47. The van der Waals surface area contributed by atoms with Crippen LogP contribution in [0.4, 0.5) is 13.2 Å². The standard InChI is InChI=1S/C15H13BrF3NO/c16-13-5-8(17)2-4-11(13)15(21)12(7-20)10-3-1-9(18)6-14(10)19/h1-6,12,15,21H,7,20H2. The van der Waals surface area contributed by atoms with Gasteiger partial charge < -0.3 is 10.8 Å². The summed E-state index contributed by atoms with van der Waals surface area (Å²) in [5.74, 6) is -2.71. The van der Waals surface area contributed by atoms with Crippen molar-refractivity contribution in [3.63, 3.8) is 0 Å². The highest BCUT2D eigenvalue weighted by atomic mass is 79.9. The van der Waals surface area contributed by atoms with E-state index in [1.807, 2.05) is 0 Å². The number of rotatable bonds is 4. The maximum absolute atomic E-state index is 13.8. The lowest BCUT2D eigenvalue weighted by atomic mass is 9.89. The van der Waals surface area contributed by atoms with Gasteiger partial charge >= 0.3 is 0 Å². The number of aliphatic hydroxyl groups excluding tert-OH is 1. The van der Waals surface area contributed by atoms with Crippen LogP contribution in [0.15, 0.2) is 40.9 Å². The van der Waals surface area contributed by atoms with E-state index in [2.05, 4.69) is 15.9 Å². The molecule has 0 aliphatic rings. The highest BCUT2D eigenvalue weighted by Gasteiger charge is 2.26. The summed E-state index contributed by atoms with van der Waals surface area (Å²) < 4.78 is 40.3. The molecule has 2 aromatic rings. The van der Waals surface area contributed by atoms with E-state index in [0.717, 1.165) is 12.1 Å². The maximum Gasteiger partial charge on any atom is 0.129 e. The molecule has 2 unspecified atom stereocenters. The Morgan fingerprint density at radius 2 is 1.57 bits per heavy atom. The van der Waals surface area contributed by atoms with Crippen molar-refractivity contribution in [2.24, 2.45) is 5.73 Å². The van der Waals surface area contributed by atoms with Gasteiger partial charge in [0.1, 0.15) is 17.5 Å². The minimum Gasteiger partial charge on any atom is -0.388 e. The molecule has 2 atom stereocenters. The van der Waals surface area contributed by atoms with E-state index in [9.17, 15) is 18.3 Å². The summed E-state index contributed by atoms with van der Waals surface area (Å²) in [5, 5.41) is 10.4. The van der Waals surface area contributed by atoms with Gasteiger partial charge in [-0.05, 0) is 29.3 Å². The third-order valence-corrected chi connectivity index (χ3v) is 3.96. The van der Waals surface area contributed by atoms with Crippen molar-refractivity contribution < 1.29 is 18.3 Å². The van der Waals surface area contributed by atoms with Crippen LogP contribution in [-0.2, 0) is 0 Å². The molecule has 0 fully saturated rings. The van der Waals surface area contributed by atoms with E-state index in [1.54, 1.807) is 0 Å². The van der Waals surface area contributed by atoms with Gasteiger partial charge in [0.05, 0.1) is 6.10 Å². The van der Waals surface area contributed by atoms with Gasteiger partial charge in [0.25, 0.3) is 0 Å². The van der Waals surface area contributed by atoms with Gasteiger partial charge in [0, 0.05) is 23.0 Å². The molecule has 0 heterocycles. The van der Waals surface area contributed by atoms with Gasteiger partial charge in [-0.3, -0.25) is 0 Å². The number of hydrogen-bond donors (Lipinski definition) is 2. The van der Waals surface area contributed by atoms with Gasteiger partial charge in [0.2, 0.25) is 0 Å². The zero-order valence-electron chi connectivity index (χ0n) is 10.9. The molecule has 0 amide bonds. The topological polar surface area (TPSA) is 46.2 Å². The molecule has 0 saturated carbocycles. The SMILES string of the molecule is NCC(c1ccc(F)cc1F)C(O)c1ccc(F)cc1Br. The van der Waals surface area contributed by atoms with Crippen LogP contribution in [-0.4, -0.2) is 11.7 Å². The van der Waals surface area contributed by atoms with E-state index in [1.165, 1.54) is 24.3 Å². The summed E-state index contributed by atoms with van der Waals surface area (Å²) in [5.41, 5.74) is 6.12. The van der Waals surface area contributed by atoms with E-state index in [4.69, 9.17) is 5.73 Å². The van der Waals surface area contributed by atoms with Crippen LogP contribution >= 0.6 is 15.9 Å². The fraction of sp³-hybridized carbons (Fsp3) is 0.200. The minimum atomic E-state index is -1.15. The van der Waals surface area contributed by atoms with Gasteiger partial charge in [-0.15, -0.1) is 0 Å². The molecule has 6 heteroatoms. The van der Waals surface area contributed by atoms with Crippen molar-refractivity contribution >= 4 is 15.9 Å². The number of aliphatic hydroxyl groups is 1. The molecule has 0 spiro atoms. The highest BCUT2D eigenvalue weighted by molar-refractivity contribution is 9.10. The third kappa shape index (κ3) is 3.45. The monoisotopic (exact) mass is 359 g/mol. The Labute approximate surface area is 128 Å². The van der Waals surface area contributed by atoms with E-state index in [-0.39, 0.29) is 12.1 Å². The fourth-order valence-corrected chi connectivity index (χ4v) is 2.77. The Bertz CT molecular complexity index is 651. The second kappa shape index (κ2) is 6.60. The first-order chi connectivity index (χ1) is 9.93. The van der Waals surface area contributed by atoms with Crippen LogP contribution < -0.4 is 5.73 Å². The van der Waals surface area contributed by atoms with Gasteiger partial charge in [-0.2, -0.15) is 0 Å². The third-order valence-electron chi connectivity index (χ3n) is 3.28. The summed E-state index contributed by atoms with van der Waals surface area (Å²) in [6, 6.07) is 6.89. The van der Waals surface area contributed by atoms with E-state index >= 15 is 0 Å². The van der Waals surface area contributed by atoms with Crippen LogP contribution in [0.1, 0.15) is 23.1 Å². The molecule has 2 aromatic carbocycles. The van der Waals surface area contributed by atoms with Gasteiger partial charge in [0.15, 0.2) is 0 Å². The molecule has 0 aromatic heterocycles. The van der Waals surface area contributed by atoms with Crippen LogP contribution in [0.3, 0.4) is 0 Å². The molecule has 3 N–H and O–H groups in total. The summed E-state index contributed by atoms with van der Waals surface area (Å²) in [7, 11) is 0. The lowest BCUT2D eigenvalue weighted by Gasteiger charge is -2.23. The van der Waals surface area contributed by atoms with Crippen molar-refractivity contribution in [2.45, 2.75) is 12.0 Å². The van der Waals surface area contributed by atoms with Crippen molar-refractivity contribution in [1.29, 1.82) is 0 Å². The molecule has 2 rings (SSSR count). The predicted octanol–water partition coefficient (Wildman–Crippen LogP) is 3.64. The first-order valence-electron chi connectivity index (χ1n) is 6.22.